The summed E-state index contributed by atoms with van der Waals surface area (Å²) in [7, 11) is 0. The van der Waals surface area contributed by atoms with Crippen LogP contribution in [0.4, 0.5) is 4.39 Å². The Morgan fingerprint density at radius 2 is 2.00 bits per heavy atom. The van der Waals surface area contributed by atoms with Gasteiger partial charge in [-0.2, -0.15) is 5.10 Å². The predicted molar refractivity (Wildman–Crippen MR) is 101 cm³/mol. The maximum atomic E-state index is 13.2. The summed E-state index contributed by atoms with van der Waals surface area (Å²) in [6.07, 6.45) is 7.29. The van der Waals surface area contributed by atoms with Crippen LogP contribution >= 0.6 is 0 Å². The van der Waals surface area contributed by atoms with E-state index in [1.165, 1.54) is 25.0 Å². The molecule has 1 fully saturated rings. The second-order valence-electron chi connectivity index (χ2n) is 7.50. The molecule has 144 valence electrons. The van der Waals surface area contributed by atoms with Gasteiger partial charge in [0, 0.05) is 31.0 Å². The second kappa shape index (κ2) is 8.21. The maximum Gasteiger partial charge on any atom is 0.272 e. The standard InChI is InChI=1S/C21H26FN3O2/c22-16-8-10-17(11-9-16)25-19-5-2-1-4-18(19)20(24-25)21(26)23-12-3-13-27-14-15-6-7-15/h8-11,15H,1-7,12-14H2,(H,23,26). The molecule has 1 saturated carbocycles. The smallest absolute Gasteiger partial charge is 0.272 e. The molecule has 27 heavy (non-hydrogen) atoms. The number of amides is 1. The summed E-state index contributed by atoms with van der Waals surface area (Å²) >= 11 is 0. The number of aromatic nitrogens is 2. The van der Waals surface area contributed by atoms with Crippen molar-refractivity contribution in [3.8, 4) is 5.69 Å². The highest BCUT2D eigenvalue weighted by atomic mass is 19.1. The Hall–Kier alpha value is -2.21. The zero-order valence-corrected chi connectivity index (χ0v) is 15.5. The Morgan fingerprint density at radius 3 is 2.78 bits per heavy atom. The molecule has 0 saturated heterocycles. The molecule has 0 atom stereocenters. The van der Waals surface area contributed by atoms with Crippen molar-refractivity contribution >= 4 is 5.91 Å². The summed E-state index contributed by atoms with van der Waals surface area (Å²) in [5.74, 6) is 0.361. The van der Waals surface area contributed by atoms with Crippen molar-refractivity contribution in [3.63, 3.8) is 0 Å². The number of fused-ring (bicyclic) bond motifs is 1. The summed E-state index contributed by atoms with van der Waals surface area (Å²) in [4.78, 5) is 12.7. The zero-order valence-electron chi connectivity index (χ0n) is 15.5. The first-order chi connectivity index (χ1) is 13.2. The number of carbonyl (C=O) groups excluding carboxylic acids is 1. The largest absolute Gasteiger partial charge is 0.381 e. The molecule has 2 aliphatic carbocycles. The van der Waals surface area contributed by atoms with E-state index in [4.69, 9.17) is 4.74 Å². The van der Waals surface area contributed by atoms with Gasteiger partial charge in [-0.25, -0.2) is 9.07 Å². The van der Waals surface area contributed by atoms with Crippen LogP contribution in [0.3, 0.4) is 0 Å². The Labute approximate surface area is 158 Å². The molecule has 0 aliphatic heterocycles. The van der Waals surface area contributed by atoms with Crippen molar-refractivity contribution in [3.05, 3.63) is 47.0 Å². The molecule has 1 heterocycles. The Morgan fingerprint density at radius 1 is 1.22 bits per heavy atom. The lowest BCUT2D eigenvalue weighted by atomic mass is 9.95. The van der Waals surface area contributed by atoms with Crippen molar-refractivity contribution in [2.75, 3.05) is 19.8 Å². The quantitative estimate of drug-likeness (QED) is 0.723. The highest BCUT2D eigenvalue weighted by Gasteiger charge is 2.25. The van der Waals surface area contributed by atoms with Gasteiger partial charge in [0.2, 0.25) is 0 Å². The van der Waals surface area contributed by atoms with Crippen molar-refractivity contribution in [1.29, 1.82) is 0 Å². The van der Waals surface area contributed by atoms with E-state index >= 15 is 0 Å². The van der Waals surface area contributed by atoms with Gasteiger partial charge in [-0.05, 0) is 75.1 Å². The van der Waals surface area contributed by atoms with E-state index in [9.17, 15) is 9.18 Å². The van der Waals surface area contributed by atoms with Crippen LogP contribution in [0.25, 0.3) is 5.69 Å². The van der Waals surface area contributed by atoms with E-state index in [0.717, 1.165) is 61.6 Å². The van der Waals surface area contributed by atoms with Crippen LogP contribution in [0.5, 0.6) is 0 Å². The van der Waals surface area contributed by atoms with Crippen molar-refractivity contribution in [2.24, 2.45) is 5.92 Å². The van der Waals surface area contributed by atoms with Gasteiger partial charge in [0.05, 0.1) is 5.69 Å². The molecule has 1 amide bonds. The molecule has 6 heteroatoms. The fourth-order valence-corrected chi connectivity index (χ4v) is 3.57. The van der Waals surface area contributed by atoms with Gasteiger partial charge in [-0.1, -0.05) is 0 Å². The van der Waals surface area contributed by atoms with Gasteiger partial charge in [0.25, 0.3) is 5.91 Å². The highest BCUT2D eigenvalue weighted by Crippen LogP contribution is 2.29. The lowest BCUT2D eigenvalue weighted by Gasteiger charge is -2.14. The van der Waals surface area contributed by atoms with Gasteiger partial charge in [0.1, 0.15) is 5.82 Å². The number of benzene rings is 1. The third-order valence-corrected chi connectivity index (χ3v) is 5.27. The molecule has 0 spiro atoms. The molecule has 2 aliphatic rings. The number of nitrogens with one attached hydrogen (secondary N) is 1. The average Bonchev–Trinajstić information content (AvgIpc) is 3.43. The minimum absolute atomic E-state index is 0.129. The summed E-state index contributed by atoms with van der Waals surface area (Å²) in [6, 6.07) is 6.26. The van der Waals surface area contributed by atoms with E-state index in [0.29, 0.717) is 18.8 Å². The van der Waals surface area contributed by atoms with Crippen LogP contribution in [-0.2, 0) is 17.6 Å². The Balaban J connectivity index is 1.42. The van der Waals surface area contributed by atoms with Crippen LogP contribution in [0.1, 0.15) is 53.8 Å². The normalized spacial score (nSPS) is 16.2. The number of halogens is 1. The summed E-state index contributed by atoms with van der Waals surface area (Å²) in [5, 5.41) is 7.56. The molecule has 2 aromatic rings. The van der Waals surface area contributed by atoms with Gasteiger partial charge in [-0.15, -0.1) is 0 Å². The van der Waals surface area contributed by atoms with E-state index < -0.39 is 0 Å². The third kappa shape index (κ3) is 4.38. The van der Waals surface area contributed by atoms with Gasteiger partial charge in [-0.3, -0.25) is 4.79 Å². The lowest BCUT2D eigenvalue weighted by molar-refractivity contribution is 0.0931. The molecule has 5 nitrogen and oxygen atoms in total. The minimum atomic E-state index is -0.276. The minimum Gasteiger partial charge on any atom is -0.381 e. The van der Waals surface area contributed by atoms with Gasteiger partial charge in [0.15, 0.2) is 5.69 Å². The lowest BCUT2D eigenvalue weighted by Crippen LogP contribution is -2.27. The monoisotopic (exact) mass is 371 g/mol. The first kappa shape index (κ1) is 18.2. The first-order valence-corrected chi connectivity index (χ1v) is 9.95. The number of hydrogen-bond donors (Lipinski definition) is 1. The van der Waals surface area contributed by atoms with Crippen LogP contribution in [0.15, 0.2) is 24.3 Å². The van der Waals surface area contributed by atoms with Crippen LogP contribution < -0.4 is 5.32 Å². The Kier molecular flexibility index (Phi) is 5.53. The van der Waals surface area contributed by atoms with E-state index in [-0.39, 0.29) is 11.7 Å². The molecule has 1 aromatic carbocycles. The molecule has 4 rings (SSSR count). The maximum absolute atomic E-state index is 13.2. The molecule has 1 aromatic heterocycles. The van der Waals surface area contributed by atoms with Crippen LogP contribution in [-0.4, -0.2) is 35.4 Å². The second-order valence-corrected chi connectivity index (χ2v) is 7.50. The van der Waals surface area contributed by atoms with Crippen molar-refractivity contribution < 1.29 is 13.9 Å². The highest BCUT2D eigenvalue weighted by molar-refractivity contribution is 5.94. The number of hydrogen-bond acceptors (Lipinski definition) is 3. The number of nitrogens with zero attached hydrogens (tertiary/aromatic N) is 2. The molecular weight excluding hydrogens is 345 g/mol. The number of carbonyl (C=O) groups is 1. The number of ether oxygens (including phenoxy) is 1. The molecule has 0 unspecified atom stereocenters. The van der Waals surface area contributed by atoms with E-state index in [2.05, 4.69) is 10.4 Å². The van der Waals surface area contributed by atoms with Gasteiger partial charge >= 0.3 is 0 Å². The number of rotatable bonds is 8. The first-order valence-electron chi connectivity index (χ1n) is 9.95. The summed E-state index contributed by atoms with van der Waals surface area (Å²) in [6.45, 7) is 2.12. The average molecular weight is 371 g/mol. The summed E-state index contributed by atoms with van der Waals surface area (Å²) < 4.78 is 20.7. The van der Waals surface area contributed by atoms with Crippen LogP contribution in [0.2, 0.25) is 0 Å². The molecule has 1 N–H and O–H groups in total. The Bertz CT molecular complexity index is 797. The van der Waals surface area contributed by atoms with Crippen molar-refractivity contribution in [2.45, 2.75) is 44.9 Å². The zero-order chi connectivity index (χ0) is 18.6. The van der Waals surface area contributed by atoms with E-state index in [1.807, 2.05) is 4.68 Å². The predicted octanol–water partition coefficient (Wildman–Crippen LogP) is 3.44. The summed E-state index contributed by atoms with van der Waals surface area (Å²) in [5.41, 5.74) is 3.41. The van der Waals surface area contributed by atoms with Gasteiger partial charge < -0.3 is 10.1 Å². The van der Waals surface area contributed by atoms with Crippen LogP contribution in [0, 0.1) is 11.7 Å². The fourth-order valence-electron chi connectivity index (χ4n) is 3.57. The fraction of sp³-hybridized carbons (Fsp3) is 0.524. The van der Waals surface area contributed by atoms with Crippen molar-refractivity contribution in [1.82, 2.24) is 15.1 Å². The van der Waals surface area contributed by atoms with E-state index in [1.54, 1.807) is 12.1 Å². The molecule has 0 radical (unpaired) electrons. The third-order valence-electron chi connectivity index (χ3n) is 5.27. The topological polar surface area (TPSA) is 56.1 Å². The molecular formula is C21H26FN3O2. The SMILES string of the molecule is O=C(NCCCOCC1CC1)c1nn(-c2ccc(F)cc2)c2c1CCCC2. The molecule has 0 bridgehead atoms.